The minimum Gasteiger partial charge on any atom is -0.435 e. The van der Waals surface area contributed by atoms with Crippen molar-refractivity contribution in [2.75, 3.05) is 6.54 Å². The number of likely N-dealkylation sites (tertiary alicyclic amines) is 1. The number of rotatable bonds is 5. The Morgan fingerprint density at radius 3 is 2.96 bits per heavy atom. The normalized spacial score (nSPS) is 17.2. The summed E-state index contributed by atoms with van der Waals surface area (Å²) in [6, 6.07) is 5.85. The monoisotopic (exact) mass is 345 g/mol. The second-order valence-corrected chi connectivity index (χ2v) is 6.15. The summed E-state index contributed by atoms with van der Waals surface area (Å²) in [6.07, 6.45) is 0.826. The molecule has 7 heteroatoms. The molecule has 1 aliphatic heterocycles. The first-order valence-electron chi connectivity index (χ1n) is 8.25. The van der Waals surface area contributed by atoms with Gasteiger partial charge in [0, 0.05) is 25.9 Å². The number of aryl methyl sites for hydroxylation is 2. The minimum absolute atomic E-state index is 0.0712. The lowest BCUT2D eigenvalue weighted by Gasteiger charge is -2.17. The van der Waals surface area contributed by atoms with Crippen molar-refractivity contribution in [2.24, 2.45) is 0 Å². The maximum Gasteiger partial charge on any atom is 0.289 e. The number of carbonyl (C=O) groups is 2. The quantitative estimate of drug-likeness (QED) is 0.901. The molecule has 1 N–H and O–H groups in total. The Morgan fingerprint density at radius 2 is 2.28 bits per heavy atom. The first-order valence-corrected chi connectivity index (χ1v) is 8.25. The second kappa shape index (κ2) is 7.04. The average molecular weight is 345 g/mol. The maximum absolute atomic E-state index is 13.3. The maximum atomic E-state index is 13.3. The molecule has 1 aliphatic rings. The average Bonchev–Trinajstić information content (AvgIpc) is 3.10. The topological polar surface area (TPSA) is 75.4 Å². The summed E-state index contributed by atoms with van der Waals surface area (Å²) >= 11 is 0. The molecule has 1 fully saturated rings. The van der Waals surface area contributed by atoms with Crippen LogP contribution in [0.15, 0.2) is 28.7 Å². The lowest BCUT2D eigenvalue weighted by atomic mass is 10.2. The summed E-state index contributed by atoms with van der Waals surface area (Å²) in [5, 5.41) is 2.82. The highest BCUT2D eigenvalue weighted by Crippen LogP contribution is 2.17. The van der Waals surface area contributed by atoms with Crippen LogP contribution in [0.2, 0.25) is 0 Å². The van der Waals surface area contributed by atoms with Gasteiger partial charge in [0.25, 0.3) is 5.91 Å². The van der Waals surface area contributed by atoms with Crippen LogP contribution in [-0.4, -0.2) is 34.3 Å². The SMILES string of the molecule is CCc1nc(C)c(C(=O)NC2CC(=O)N(Cc3cccc(F)c3)C2)o1. The van der Waals surface area contributed by atoms with E-state index in [0.29, 0.717) is 31.1 Å². The molecule has 0 spiro atoms. The zero-order valence-electron chi connectivity index (χ0n) is 14.2. The standard InChI is InChI=1S/C18H20FN3O3/c1-3-15-20-11(2)17(25-15)18(24)21-14-8-16(23)22(10-14)9-12-5-4-6-13(19)7-12/h4-7,14H,3,8-10H2,1-2H3,(H,21,24). The third-order valence-corrected chi connectivity index (χ3v) is 4.16. The Kier molecular flexibility index (Phi) is 4.83. The van der Waals surface area contributed by atoms with E-state index in [0.717, 1.165) is 5.56 Å². The number of carbonyl (C=O) groups excluding carboxylic acids is 2. The van der Waals surface area contributed by atoms with E-state index in [2.05, 4.69) is 10.3 Å². The third kappa shape index (κ3) is 3.87. The lowest BCUT2D eigenvalue weighted by molar-refractivity contribution is -0.128. The first kappa shape index (κ1) is 17.1. The van der Waals surface area contributed by atoms with Crippen molar-refractivity contribution in [3.8, 4) is 0 Å². The Hall–Kier alpha value is -2.70. The predicted octanol–water partition coefficient (Wildman–Crippen LogP) is 2.22. The van der Waals surface area contributed by atoms with Crippen LogP contribution in [0.5, 0.6) is 0 Å². The Bertz CT molecular complexity index is 803. The van der Waals surface area contributed by atoms with Crippen LogP contribution in [0.25, 0.3) is 0 Å². The molecule has 1 atom stereocenters. The van der Waals surface area contributed by atoms with Crippen molar-refractivity contribution in [3.05, 3.63) is 53.0 Å². The van der Waals surface area contributed by atoms with Crippen molar-refractivity contribution < 1.29 is 18.4 Å². The van der Waals surface area contributed by atoms with Crippen molar-refractivity contribution in [2.45, 2.75) is 39.3 Å². The fourth-order valence-corrected chi connectivity index (χ4v) is 2.94. The van der Waals surface area contributed by atoms with Crippen LogP contribution in [0.1, 0.15) is 41.0 Å². The molecule has 3 rings (SSSR count). The Morgan fingerprint density at radius 1 is 1.48 bits per heavy atom. The van der Waals surface area contributed by atoms with E-state index in [1.54, 1.807) is 24.0 Å². The zero-order valence-corrected chi connectivity index (χ0v) is 14.2. The van der Waals surface area contributed by atoms with Gasteiger partial charge < -0.3 is 14.6 Å². The predicted molar refractivity (Wildman–Crippen MR) is 88.3 cm³/mol. The largest absolute Gasteiger partial charge is 0.435 e. The van der Waals surface area contributed by atoms with Gasteiger partial charge in [-0.15, -0.1) is 0 Å². The van der Waals surface area contributed by atoms with Gasteiger partial charge in [-0.2, -0.15) is 0 Å². The number of hydrogen-bond donors (Lipinski definition) is 1. The molecule has 0 radical (unpaired) electrons. The fourth-order valence-electron chi connectivity index (χ4n) is 2.94. The Balaban J connectivity index is 1.62. The van der Waals surface area contributed by atoms with E-state index in [1.165, 1.54) is 12.1 Å². The van der Waals surface area contributed by atoms with Gasteiger partial charge in [-0.05, 0) is 24.6 Å². The van der Waals surface area contributed by atoms with E-state index in [9.17, 15) is 14.0 Å². The van der Waals surface area contributed by atoms with E-state index in [4.69, 9.17) is 4.42 Å². The van der Waals surface area contributed by atoms with Crippen molar-refractivity contribution >= 4 is 11.8 Å². The summed E-state index contributed by atoms with van der Waals surface area (Å²) in [5.41, 5.74) is 1.26. The van der Waals surface area contributed by atoms with Crippen molar-refractivity contribution in [1.82, 2.24) is 15.2 Å². The van der Waals surface area contributed by atoms with Crippen LogP contribution >= 0.6 is 0 Å². The van der Waals surface area contributed by atoms with Crippen LogP contribution in [0.3, 0.4) is 0 Å². The third-order valence-electron chi connectivity index (χ3n) is 4.16. The molecule has 1 aromatic heterocycles. The van der Waals surface area contributed by atoms with Crippen molar-refractivity contribution in [3.63, 3.8) is 0 Å². The number of benzene rings is 1. The molecule has 25 heavy (non-hydrogen) atoms. The molecule has 0 aliphatic carbocycles. The molecule has 132 valence electrons. The lowest BCUT2D eigenvalue weighted by Crippen LogP contribution is -2.37. The van der Waals surface area contributed by atoms with Crippen LogP contribution in [0.4, 0.5) is 4.39 Å². The molecular formula is C18H20FN3O3. The first-order chi connectivity index (χ1) is 12.0. The summed E-state index contributed by atoms with van der Waals surface area (Å²) < 4.78 is 18.7. The molecule has 2 aromatic rings. The van der Waals surface area contributed by atoms with Gasteiger partial charge in [-0.25, -0.2) is 9.37 Å². The smallest absolute Gasteiger partial charge is 0.289 e. The second-order valence-electron chi connectivity index (χ2n) is 6.15. The van der Waals surface area contributed by atoms with Gasteiger partial charge in [0.05, 0.1) is 11.7 Å². The number of nitrogens with one attached hydrogen (secondary N) is 1. The van der Waals surface area contributed by atoms with Crippen LogP contribution in [0, 0.1) is 12.7 Å². The number of amides is 2. The van der Waals surface area contributed by atoms with E-state index >= 15 is 0 Å². The van der Waals surface area contributed by atoms with Crippen LogP contribution < -0.4 is 5.32 Å². The number of halogens is 1. The summed E-state index contributed by atoms with van der Waals surface area (Å²) in [7, 11) is 0. The highest BCUT2D eigenvalue weighted by atomic mass is 19.1. The van der Waals surface area contributed by atoms with Gasteiger partial charge in [-0.3, -0.25) is 9.59 Å². The molecule has 2 heterocycles. The molecule has 1 unspecified atom stereocenters. The molecule has 1 saturated heterocycles. The van der Waals surface area contributed by atoms with Gasteiger partial charge in [0.1, 0.15) is 5.82 Å². The Labute approximate surface area is 145 Å². The molecule has 0 bridgehead atoms. The summed E-state index contributed by atoms with van der Waals surface area (Å²) in [6.45, 7) is 4.32. The zero-order chi connectivity index (χ0) is 18.0. The molecule has 0 saturated carbocycles. The molecular weight excluding hydrogens is 325 g/mol. The van der Waals surface area contributed by atoms with Gasteiger partial charge in [0.2, 0.25) is 11.7 Å². The summed E-state index contributed by atoms with van der Waals surface area (Å²) in [4.78, 5) is 30.3. The van der Waals surface area contributed by atoms with E-state index in [-0.39, 0.29) is 35.9 Å². The van der Waals surface area contributed by atoms with E-state index < -0.39 is 0 Å². The number of hydrogen-bond acceptors (Lipinski definition) is 4. The highest BCUT2D eigenvalue weighted by molar-refractivity contribution is 5.93. The molecule has 2 amide bonds. The number of oxazole rings is 1. The molecule has 6 nitrogen and oxygen atoms in total. The molecule has 1 aromatic carbocycles. The number of aromatic nitrogens is 1. The van der Waals surface area contributed by atoms with E-state index in [1.807, 2.05) is 6.92 Å². The van der Waals surface area contributed by atoms with Gasteiger partial charge in [-0.1, -0.05) is 19.1 Å². The van der Waals surface area contributed by atoms with Gasteiger partial charge in [0.15, 0.2) is 5.89 Å². The fraction of sp³-hybridized carbons (Fsp3) is 0.389. The minimum atomic E-state index is -0.366. The number of nitrogens with zero attached hydrogens (tertiary/aromatic N) is 2. The van der Waals surface area contributed by atoms with Crippen molar-refractivity contribution in [1.29, 1.82) is 0 Å². The van der Waals surface area contributed by atoms with Gasteiger partial charge >= 0.3 is 0 Å². The van der Waals surface area contributed by atoms with Crippen LogP contribution in [-0.2, 0) is 17.8 Å². The summed E-state index contributed by atoms with van der Waals surface area (Å²) in [5.74, 6) is -0.0690. The highest BCUT2D eigenvalue weighted by Gasteiger charge is 2.31.